The van der Waals surface area contributed by atoms with Crippen LogP contribution in [0.15, 0.2) is 15.8 Å². The Morgan fingerprint density at radius 1 is 1.31 bits per heavy atom. The Morgan fingerprint density at radius 3 is 2.56 bits per heavy atom. The fourth-order valence-electron chi connectivity index (χ4n) is 5.04. The van der Waals surface area contributed by atoms with Gasteiger partial charge in [-0.05, 0) is 67.2 Å². The van der Waals surface area contributed by atoms with Crippen LogP contribution in [0.3, 0.4) is 0 Å². The number of hydrogen-bond acceptors (Lipinski definition) is 9. The molecule has 14 heteroatoms. The molecular weight excluding hydrogens is 546 g/mol. The largest absolute Gasteiger partial charge is 0.455 e. The van der Waals surface area contributed by atoms with Gasteiger partial charge in [0.25, 0.3) is 5.56 Å². The molecule has 5 atom stereocenters. The zero-order valence-corrected chi connectivity index (χ0v) is 25.7. The molecule has 2 heterocycles. The fraction of sp³-hybridized carbons (Fsp3) is 0.800. The highest BCUT2D eigenvalue weighted by molar-refractivity contribution is 7.53. The summed E-state index contributed by atoms with van der Waals surface area (Å²) in [6.07, 6.45) is 3.71. The number of aromatic nitrogens is 2. The molecular formula is C25H45N4O8P2+. The van der Waals surface area contributed by atoms with Gasteiger partial charge in [-0.15, -0.1) is 0 Å². The number of rotatable bonds is 17. The van der Waals surface area contributed by atoms with Crippen molar-refractivity contribution in [2.24, 2.45) is 5.92 Å². The van der Waals surface area contributed by atoms with Crippen molar-refractivity contribution in [2.45, 2.75) is 98.1 Å². The van der Waals surface area contributed by atoms with Crippen molar-refractivity contribution in [3.05, 3.63) is 32.6 Å². The number of ether oxygens (including phenoxy) is 1. The fourth-order valence-corrected chi connectivity index (χ4v) is 8.00. The second-order valence-corrected chi connectivity index (χ2v) is 13.5. The summed E-state index contributed by atoms with van der Waals surface area (Å²) in [7, 11) is -4.83. The molecule has 1 fully saturated rings. The first-order valence-electron chi connectivity index (χ1n) is 13.6. The van der Waals surface area contributed by atoms with E-state index in [9.17, 15) is 14.2 Å². The summed E-state index contributed by atoms with van der Waals surface area (Å²) in [5.74, 6) is -0.0812. The molecule has 0 aromatic carbocycles. The van der Waals surface area contributed by atoms with Gasteiger partial charge in [-0.3, -0.25) is 23.4 Å². The van der Waals surface area contributed by atoms with Crippen LogP contribution in [0, 0.1) is 24.2 Å². The van der Waals surface area contributed by atoms with Crippen molar-refractivity contribution in [1.29, 1.82) is 5.26 Å². The van der Waals surface area contributed by atoms with E-state index in [-0.39, 0.29) is 43.3 Å². The van der Waals surface area contributed by atoms with Gasteiger partial charge in [-0.25, -0.2) is 4.79 Å². The summed E-state index contributed by atoms with van der Waals surface area (Å²) in [5, 5.41) is 8.82. The minimum Gasteiger partial charge on any atom is -0.401 e. The molecule has 3 unspecified atom stereocenters. The third kappa shape index (κ3) is 9.87. The summed E-state index contributed by atoms with van der Waals surface area (Å²) in [5.41, 5.74) is -0.555. The normalized spacial score (nSPS) is 21.4. The van der Waals surface area contributed by atoms with Crippen LogP contribution in [-0.4, -0.2) is 63.3 Å². The molecule has 0 amide bonds. The predicted molar refractivity (Wildman–Crippen MR) is 151 cm³/mol. The minimum absolute atomic E-state index is 0.0339. The predicted octanol–water partition coefficient (Wildman–Crippen LogP) is 4.17. The number of hydrogen-bond donors (Lipinski definition) is 1. The Balaban J connectivity index is 2.23. The van der Waals surface area contributed by atoms with Gasteiger partial charge in [0.2, 0.25) is 0 Å². The second-order valence-electron chi connectivity index (χ2n) is 10.0. The number of nitriles is 1. The third-order valence-corrected chi connectivity index (χ3v) is 10.5. The molecule has 1 aliphatic heterocycles. The zero-order valence-electron chi connectivity index (χ0n) is 23.9. The van der Waals surface area contributed by atoms with E-state index >= 15 is 0 Å². The Kier molecular flexibility index (Phi) is 14.0. The quantitative estimate of drug-likeness (QED) is 0.159. The summed E-state index contributed by atoms with van der Waals surface area (Å²) >= 11 is 0. The van der Waals surface area contributed by atoms with Gasteiger partial charge in [0.1, 0.15) is 6.23 Å². The maximum atomic E-state index is 12.9. The van der Waals surface area contributed by atoms with Gasteiger partial charge in [-0.2, -0.15) is 9.93 Å². The molecule has 1 aromatic rings. The molecule has 0 radical (unpaired) electrons. The zero-order chi connectivity index (χ0) is 29.2. The van der Waals surface area contributed by atoms with Crippen LogP contribution in [0.4, 0.5) is 0 Å². The Bertz CT molecular complexity index is 1090. The number of aromatic amines is 1. The first-order chi connectivity index (χ1) is 18.5. The van der Waals surface area contributed by atoms with Gasteiger partial charge in [-0.1, -0.05) is 0 Å². The molecule has 0 spiro atoms. The molecule has 1 saturated heterocycles. The molecule has 12 nitrogen and oxygen atoms in total. The minimum atomic E-state index is -3.16. The van der Waals surface area contributed by atoms with Crippen LogP contribution >= 0.6 is 16.1 Å². The standard InChI is InChI=1S/C25H44N4O8P2/c1-7-35-39(33,36-8-2)14-9-11-22-16-21(24(37-22)28-17-19(5)23(30)27-25(28)31)15-20(6)29(18(3)4)38(32)34-13-10-12-26/h17-18,20-22,24,32H,7-11,13-16H2,1-6H3,(H,27,30,31)/p+1/t20?,21?,22-,24-,38?/m1/s1. The van der Waals surface area contributed by atoms with Crippen LogP contribution in [0.5, 0.6) is 0 Å². The number of aryl methyl sites for hydroxylation is 1. The molecule has 0 saturated carbocycles. The SMILES string of the molecule is CCOP(=O)(CCC[C@@H]1CC(CC(C)N(C(C)C)P([OH2+])OCCC#N)[C@H](n2cc(C)c(=O)[nH]c2=O)O1)OCC. The lowest BCUT2D eigenvalue weighted by molar-refractivity contribution is -0.0222. The highest BCUT2D eigenvalue weighted by atomic mass is 31.2. The average molecular weight is 592 g/mol. The molecule has 39 heavy (non-hydrogen) atoms. The first-order valence-corrected chi connectivity index (χ1v) is 16.5. The Morgan fingerprint density at radius 2 is 1.97 bits per heavy atom. The summed E-state index contributed by atoms with van der Waals surface area (Å²) in [6, 6.07) is 2.00. The summed E-state index contributed by atoms with van der Waals surface area (Å²) in [4.78, 5) is 35.7. The van der Waals surface area contributed by atoms with Crippen molar-refractivity contribution in [1.82, 2.24) is 14.2 Å². The molecule has 1 aromatic heterocycles. The molecule has 3 N–H and O–H groups in total. The van der Waals surface area contributed by atoms with E-state index in [0.717, 1.165) is 0 Å². The van der Waals surface area contributed by atoms with E-state index in [1.54, 1.807) is 20.8 Å². The Hall–Kier alpha value is -1.41. The maximum absolute atomic E-state index is 12.9. The van der Waals surface area contributed by atoms with Crippen LogP contribution in [0.2, 0.25) is 0 Å². The monoisotopic (exact) mass is 591 g/mol. The van der Waals surface area contributed by atoms with E-state index in [1.807, 2.05) is 31.5 Å². The summed E-state index contributed by atoms with van der Waals surface area (Å²) < 4.78 is 39.2. The number of nitrogens with zero attached hydrogens (tertiary/aromatic N) is 3. The smallest absolute Gasteiger partial charge is 0.401 e. The lowest BCUT2D eigenvalue weighted by Gasteiger charge is -2.33. The third-order valence-electron chi connectivity index (χ3n) is 6.59. The highest BCUT2D eigenvalue weighted by Crippen LogP contribution is 2.50. The average Bonchev–Trinajstić information content (AvgIpc) is 3.23. The van der Waals surface area contributed by atoms with Gasteiger partial charge in [0.05, 0.1) is 44.6 Å². The first kappa shape index (κ1) is 33.8. The van der Waals surface area contributed by atoms with E-state index in [2.05, 4.69) is 4.98 Å². The molecule has 0 bridgehead atoms. The summed E-state index contributed by atoms with van der Waals surface area (Å²) in [6.45, 7) is 12.1. The van der Waals surface area contributed by atoms with Crippen molar-refractivity contribution < 1.29 is 27.8 Å². The van der Waals surface area contributed by atoms with Crippen LogP contribution in [-0.2, 0) is 22.9 Å². The van der Waals surface area contributed by atoms with E-state index in [0.29, 0.717) is 44.5 Å². The lowest BCUT2D eigenvalue weighted by Crippen LogP contribution is -2.39. The maximum Gasteiger partial charge on any atom is 0.455 e. The molecule has 2 rings (SSSR count). The molecule has 0 aliphatic carbocycles. The van der Waals surface area contributed by atoms with Gasteiger partial charge in [0.15, 0.2) is 0 Å². The molecule has 222 valence electrons. The van der Waals surface area contributed by atoms with Crippen molar-refractivity contribution in [3.8, 4) is 6.07 Å². The highest BCUT2D eigenvalue weighted by Gasteiger charge is 2.41. The van der Waals surface area contributed by atoms with Crippen molar-refractivity contribution >= 4 is 16.1 Å². The van der Waals surface area contributed by atoms with E-state index in [4.69, 9.17) is 28.5 Å². The topological polar surface area (TPSA) is 159 Å². The van der Waals surface area contributed by atoms with E-state index in [1.165, 1.54) is 10.8 Å². The lowest BCUT2D eigenvalue weighted by atomic mass is 9.94. The van der Waals surface area contributed by atoms with Crippen molar-refractivity contribution in [2.75, 3.05) is 26.0 Å². The number of H-pyrrole nitrogens is 1. The van der Waals surface area contributed by atoms with Crippen molar-refractivity contribution in [3.63, 3.8) is 0 Å². The van der Waals surface area contributed by atoms with Gasteiger partial charge >= 0.3 is 21.8 Å². The Labute approximate surface area is 232 Å². The second kappa shape index (κ2) is 16.1. The van der Waals surface area contributed by atoms with Crippen LogP contribution < -0.4 is 11.2 Å². The van der Waals surface area contributed by atoms with Gasteiger partial charge < -0.3 is 18.7 Å². The number of nitrogens with one attached hydrogen (secondary N) is 1. The van der Waals surface area contributed by atoms with E-state index < -0.39 is 33.6 Å². The van der Waals surface area contributed by atoms with Crippen LogP contribution in [0.25, 0.3) is 0 Å². The van der Waals surface area contributed by atoms with Crippen LogP contribution in [0.1, 0.15) is 78.5 Å². The van der Waals surface area contributed by atoms with Gasteiger partial charge in [0, 0.05) is 29.8 Å². The molecule has 1 aliphatic rings.